The number of allylic oxidation sites excluding steroid dienone is 12. The Morgan fingerprint density at radius 1 is 0.412 bits per heavy atom. The molecule has 6 aromatic rings. The van der Waals surface area contributed by atoms with Crippen LogP contribution < -0.4 is 11.5 Å². The number of ether oxygens (including phenoxy) is 4. The summed E-state index contributed by atoms with van der Waals surface area (Å²) in [5.41, 5.74) is 2.85. The first-order chi connectivity index (χ1) is 64.4. The molecule has 136 heavy (non-hydrogen) atoms. The fourth-order valence-electron chi connectivity index (χ4n) is 27.9. The second-order valence-corrected chi connectivity index (χ2v) is 41.8. The largest absolute Gasteiger partial charge is 0.399 e. The number of fused-ring (bicyclic) bond motifs is 19. The van der Waals surface area contributed by atoms with Gasteiger partial charge in [-0.3, -0.25) is 33.6 Å². The molecule has 0 bridgehead atoms. The maximum absolute atomic E-state index is 17.6. The summed E-state index contributed by atoms with van der Waals surface area (Å²) in [4.78, 5) is 86.4. The van der Waals surface area contributed by atoms with E-state index in [2.05, 4.69) is 31.2 Å². The molecule has 0 aromatic heterocycles. The molecule has 29 atom stereocenters. The van der Waals surface area contributed by atoms with E-state index in [1.54, 1.807) is 27.7 Å². The van der Waals surface area contributed by atoms with Gasteiger partial charge in [0.1, 0.15) is 44.6 Å². The summed E-state index contributed by atoms with van der Waals surface area (Å²) in [7, 11) is 0. The molecular weight excluding hydrogens is 1760 g/mol. The summed E-state index contributed by atoms with van der Waals surface area (Å²) in [6.45, 7) is 9.02. The van der Waals surface area contributed by atoms with Gasteiger partial charge in [0.15, 0.2) is 81.1 Å². The smallest absolute Gasteiger partial charge is 0.193 e. The molecular formula is C109H120F6N2O19. The average molecular weight is 1880 g/mol. The SMILES string of the molecule is C[C@]12C=CC(=O)C=C1[C@@H](F)C[C@H]1[C@@H]3C[C@@H](O)[C@](O)(C(=O)CO)[C@@]3(C)C[C@H](O)[C@@]12F.C[C@]12C=CC(=O)C=C1[C@@H](F)C[C@H]1[C@@H]3C[C@H]4O[C@@H](c5ccc(CCc6cccc(N)c6)cc5)O[C@@]4(C(=O)CO)[C@@]3(C)C[C@H](O)[C@@]12F.C[C@]12C=CC(=O)C=C1[C@@H](F)C[C@H]1[C@@H]3C[C@H]4O[C@H](c5ccc(CCc6cccc(N)c6)cc5)O[C@@]4(C(=O)CO)[C@@]3(C)C[C@H](O)[C@@]12F.Cc1cccc(CCc2ccc(C=O)cc2)c1. The van der Waals surface area contributed by atoms with Crippen molar-refractivity contribution in [3.05, 3.63) is 273 Å². The van der Waals surface area contributed by atoms with Crippen LogP contribution in [0.1, 0.15) is 172 Å². The van der Waals surface area contributed by atoms with Gasteiger partial charge in [-0.15, -0.1) is 0 Å². The number of aryl methyl sites for hydroxylation is 7. The number of benzene rings is 6. The monoisotopic (exact) mass is 1870 g/mol. The van der Waals surface area contributed by atoms with Crippen LogP contribution >= 0.6 is 0 Å². The zero-order chi connectivity index (χ0) is 97.5. The van der Waals surface area contributed by atoms with Crippen LogP contribution in [0.3, 0.4) is 0 Å². The zero-order valence-electron chi connectivity index (χ0n) is 77.2. The van der Waals surface area contributed by atoms with E-state index in [-0.39, 0.29) is 74.5 Å². The predicted octanol–water partition coefficient (Wildman–Crippen LogP) is 13.6. The summed E-state index contributed by atoms with van der Waals surface area (Å²) in [6.07, 6.45) is 1.25. The third-order valence-electron chi connectivity index (χ3n) is 35.0. The van der Waals surface area contributed by atoms with E-state index in [0.717, 1.165) is 108 Å². The van der Waals surface area contributed by atoms with Crippen molar-refractivity contribution in [3.63, 3.8) is 0 Å². The quantitative estimate of drug-likeness (QED) is 0.0217. The van der Waals surface area contributed by atoms with E-state index in [9.17, 15) is 74.4 Å². The van der Waals surface area contributed by atoms with Crippen molar-refractivity contribution in [1.29, 1.82) is 0 Å². The number of ketones is 6. The molecule has 20 rings (SSSR count). The highest BCUT2D eigenvalue weighted by atomic mass is 19.2. The first kappa shape index (κ1) is 97.8. The summed E-state index contributed by atoms with van der Waals surface area (Å²) < 4.78 is 125. The lowest BCUT2D eigenvalue weighted by molar-refractivity contribution is -0.235. The fourth-order valence-corrected chi connectivity index (χ4v) is 27.9. The van der Waals surface area contributed by atoms with E-state index >= 15 is 26.3 Å². The summed E-state index contributed by atoms with van der Waals surface area (Å²) in [6, 6.07) is 47.4. The molecule has 27 heteroatoms. The Labute approximate surface area is 786 Å². The molecule has 12 N–H and O–H groups in total. The van der Waals surface area contributed by atoms with E-state index in [4.69, 9.17) is 30.4 Å². The predicted molar refractivity (Wildman–Crippen MR) is 492 cm³/mol. The van der Waals surface area contributed by atoms with Gasteiger partial charge in [0, 0.05) is 78.3 Å². The second-order valence-electron chi connectivity index (χ2n) is 41.8. The van der Waals surface area contributed by atoms with Crippen molar-refractivity contribution in [2.45, 2.75) is 246 Å². The standard InChI is InChI=1S/2C36H39F2NO6.C21H26F2O6.C16H16O/c2*1-33-13-12-24(41)15-27(33)28(37)16-26-25-17-31-36(30(43)19-40,34(25,2)18-29(42)35(26,33)38)45-32(44-31)22-10-8-20(9-11-22)6-7-21-4-3-5-23(39)14-21;1-18-4-3-10(25)5-13(18)14(22)6-12-11-7-15(26)21(29,17(28)9-24)19(11,2)8-16(27)20(12,18)23;1-13-3-2-4-15(11-13)8-5-14-6-9-16(12-17)10-7-14/h2*3-5,8-15,25-26,28-29,31-32,40,42H,6-7,16-19,39H2,1-2H3;3-5,11-12,14-16,24,26-27,29H,6-9H2,1-2H3;2-4,6-7,9-12H,5,8H2,1H3/t25-,26-,28-,29-,31+,32+,33-,34-,35-,36+;25-,26-,28-,29-,31+,32-,33-,34-,35-,36+;11-,12-,14-,15+,16-,18-,19-,20-,21-;/m000./s1. The molecule has 0 radical (unpaired) electrons. The lowest BCUT2D eigenvalue weighted by Crippen LogP contribution is -2.70. The molecule has 14 aliphatic rings. The third kappa shape index (κ3) is 15.0. The fraction of sp³-hybridized carbons (Fsp3) is 0.495. The molecule has 2 heterocycles. The van der Waals surface area contributed by atoms with Crippen LogP contribution in [0.5, 0.6) is 0 Å². The Morgan fingerprint density at radius 2 is 0.735 bits per heavy atom. The van der Waals surface area contributed by atoms with Gasteiger partial charge in [0.2, 0.25) is 0 Å². The number of hydrogen-bond donors (Lipinski definition) is 10. The van der Waals surface area contributed by atoms with Gasteiger partial charge in [0.05, 0.1) is 36.6 Å². The van der Waals surface area contributed by atoms with Gasteiger partial charge in [0.25, 0.3) is 0 Å². The van der Waals surface area contributed by atoms with Crippen LogP contribution in [0.2, 0.25) is 0 Å². The first-order valence-electron chi connectivity index (χ1n) is 47.2. The molecule has 2 aliphatic heterocycles. The minimum atomic E-state index is -2.37. The van der Waals surface area contributed by atoms with Crippen LogP contribution in [0.15, 0.2) is 217 Å². The number of nitrogens with two attached hydrogens (primary N) is 2. The van der Waals surface area contributed by atoms with E-state index in [1.165, 1.54) is 60.9 Å². The number of carbonyl (C=O) groups is 7. The van der Waals surface area contributed by atoms with Crippen molar-refractivity contribution in [2.24, 2.45) is 68.0 Å². The van der Waals surface area contributed by atoms with Crippen LogP contribution in [-0.4, -0.2) is 191 Å². The maximum Gasteiger partial charge on any atom is 0.193 e. The zero-order valence-corrected chi connectivity index (χ0v) is 77.2. The first-order valence-corrected chi connectivity index (χ1v) is 47.2. The Hall–Kier alpha value is -9.85. The molecule has 9 saturated carbocycles. The number of aldehydes is 1. The summed E-state index contributed by atoms with van der Waals surface area (Å²) in [5.74, 6) is -8.54. The molecule has 11 fully saturated rings. The lowest BCUT2D eigenvalue weighted by atomic mass is 9.44. The average Bonchev–Trinajstić information content (AvgIpc) is 1.46. The van der Waals surface area contributed by atoms with E-state index in [1.807, 2.05) is 121 Å². The number of Topliss-reactive ketones (excluding diaryl/α,β-unsaturated/α-hetero) is 3. The number of carbonyl (C=O) groups excluding carboxylic acids is 7. The number of aliphatic hydroxyl groups is 8. The highest BCUT2D eigenvalue weighted by Gasteiger charge is 2.83. The van der Waals surface area contributed by atoms with Crippen molar-refractivity contribution in [2.75, 3.05) is 31.3 Å². The maximum atomic E-state index is 17.6. The molecule has 12 aliphatic carbocycles. The van der Waals surface area contributed by atoms with Crippen LogP contribution in [0, 0.1) is 74.9 Å². The molecule has 21 nitrogen and oxygen atoms in total. The minimum Gasteiger partial charge on any atom is -0.399 e. The number of hydrogen-bond acceptors (Lipinski definition) is 21. The van der Waals surface area contributed by atoms with Crippen molar-refractivity contribution in [1.82, 2.24) is 0 Å². The third-order valence-corrected chi connectivity index (χ3v) is 35.0. The van der Waals surface area contributed by atoms with Crippen LogP contribution in [-0.2, 0) is 86.2 Å². The van der Waals surface area contributed by atoms with Crippen LogP contribution in [0.4, 0.5) is 37.7 Å². The van der Waals surface area contributed by atoms with E-state index in [0.29, 0.717) is 11.1 Å². The second kappa shape index (κ2) is 35.8. The Kier molecular flexibility index (Phi) is 25.7. The Balaban J connectivity index is 0.000000133. The lowest BCUT2D eigenvalue weighted by Gasteiger charge is -2.63. The molecule has 0 spiro atoms. The summed E-state index contributed by atoms with van der Waals surface area (Å²) in [5, 5.41) is 85.7. The number of anilines is 2. The Bertz CT molecular complexity index is 5670. The number of aliphatic hydroxyl groups excluding tert-OH is 7. The Morgan fingerprint density at radius 3 is 1.07 bits per heavy atom. The van der Waals surface area contributed by atoms with Gasteiger partial charge in [-0.2, -0.15) is 0 Å². The van der Waals surface area contributed by atoms with Gasteiger partial charge >= 0.3 is 0 Å². The van der Waals surface area contributed by atoms with Crippen molar-refractivity contribution in [3.8, 4) is 0 Å². The van der Waals surface area contributed by atoms with Gasteiger partial charge in [-0.25, -0.2) is 26.3 Å². The molecule has 0 amide bonds. The van der Waals surface area contributed by atoms with Crippen molar-refractivity contribution < 1.29 is 120 Å². The van der Waals surface area contributed by atoms with Gasteiger partial charge in [-0.05, 0) is 253 Å². The number of halogens is 6. The summed E-state index contributed by atoms with van der Waals surface area (Å²) >= 11 is 0. The number of rotatable bonds is 18. The molecule has 6 aromatic carbocycles. The van der Waals surface area contributed by atoms with Crippen molar-refractivity contribution >= 4 is 52.4 Å². The van der Waals surface area contributed by atoms with E-state index < -0.39 is 224 Å². The normalized spacial score (nSPS) is 40.2. The molecule has 722 valence electrons. The van der Waals surface area contributed by atoms with Crippen LogP contribution in [0.25, 0.3) is 0 Å². The highest BCUT2D eigenvalue weighted by Crippen LogP contribution is 2.76. The highest BCUT2D eigenvalue weighted by molar-refractivity contribution is 6.03. The van der Waals surface area contributed by atoms with Gasteiger partial charge in [-0.1, -0.05) is 166 Å². The minimum absolute atomic E-state index is 0.0216. The molecule has 2 saturated heterocycles. The molecule has 0 unspecified atom stereocenters. The number of nitrogen functional groups attached to an aromatic ring is 2. The topological polar surface area (TPSA) is 370 Å². The van der Waals surface area contributed by atoms with Gasteiger partial charge < -0.3 is 71.3 Å². The number of alkyl halides is 6.